The summed E-state index contributed by atoms with van der Waals surface area (Å²) in [6.45, 7) is 0. The number of aryl methyl sites for hydroxylation is 1. The lowest BCUT2D eigenvalue weighted by Gasteiger charge is -2.09. The van der Waals surface area contributed by atoms with Crippen LogP contribution in [0.3, 0.4) is 0 Å². The van der Waals surface area contributed by atoms with Crippen LogP contribution in [0.25, 0.3) is 6.08 Å². The van der Waals surface area contributed by atoms with Crippen LogP contribution in [0, 0.1) is 11.3 Å². The van der Waals surface area contributed by atoms with Crippen molar-refractivity contribution in [3.8, 4) is 11.8 Å². The molecule has 0 unspecified atom stereocenters. The Morgan fingerprint density at radius 2 is 2.12 bits per heavy atom. The minimum atomic E-state index is -0.266. The minimum Gasteiger partial charge on any atom is -0.495 e. The van der Waals surface area contributed by atoms with Gasteiger partial charge in [-0.1, -0.05) is 15.9 Å². The van der Waals surface area contributed by atoms with E-state index in [-0.39, 0.29) is 5.91 Å². The highest BCUT2D eigenvalue weighted by atomic mass is 79.9. The molecule has 134 valence electrons. The maximum absolute atomic E-state index is 12.4. The van der Waals surface area contributed by atoms with Gasteiger partial charge in [0.1, 0.15) is 16.8 Å². The number of ether oxygens (including phenoxy) is 1. The summed E-state index contributed by atoms with van der Waals surface area (Å²) in [6, 6.07) is 6.01. The molecular formula is C19H16Br2N2O2S. The third kappa shape index (κ3) is 4.03. The van der Waals surface area contributed by atoms with Crippen molar-refractivity contribution in [1.82, 2.24) is 0 Å². The number of nitrogens with zero attached hydrogens (tertiary/aromatic N) is 1. The van der Waals surface area contributed by atoms with Crippen molar-refractivity contribution in [3.63, 3.8) is 0 Å². The van der Waals surface area contributed by atoms with Crippen molar-refractivity contribution in [3.05, 3.63) is 48.7 Å². The Morgan fingerprint density at radius 1 is 1.35 bits per heavy atom. The van der Waals surface area contributed by atoms with Gasteiger partial charge in [0.05, 0.1) is 17.1 Å². The van der Waals surface area contributed by atoms with Gasteiger partial charge in [0.2, 0.25) is 5.91 Å². The van der Waals surface area contributed by atoms with E-state index in [0.29, 0.717) is 16.3 Å². The smallest absolute Gasteiger partial charge is 0.249 e. The number of thiophene rings is 1. The molecule has 0 aliphatic heterocycles. The first kappa shape index (κ1) is 19.2. The molecule has 1 aliphatic rings. The van der Waals surface area contributed by atoms with Gasteiger partial charge in [0, 0.05) is 21.0 Å². The summed E-state index contributed by atoms with van der Waals surface area (Å²) in [5.74, 6) is 0.389. The highest BCUT2D eigenvalue weighted by Crippen LogP contribution is 2.38. The third-order valence-corrected chi connectivity index (χ3v) is 6.43. The summed E-state index contributed by atoms with van der Waals surface area (Å²) < 4.78 is 7.06. The topological polar surface area (TPSA) is 62.1 Å². The van der Waals surface area contributed by atoms with Gasteiger partial charge in [-0.2, -0.15) is 5.26 Å². The van der Waals surface area contributed by atoms with Crippen LogP contribution in [-0.2, 0) is 17.6 Å². The lowest BCUT2D eigenvalue weighted by Crippen LogP contribution is -2.08. The van der Waals surface area contributed by atoms with E-state index in [1.54, 1.807) is 13.2 Å². The molecule has 4 nitrogen and oxygen atoms in total. The summed E-state index contributed by atoms with van der Waals surface area (Å²) in [7, 11) is 1.58. The van der Waals surface area contributed by atoms with Gasteiger partial charge in [-0.05, 0) is 65.4 Å². The Morgan fingerprint density at radius 3 is 2.85 bits per heavy atom. The molecule has 1 aromatic heterocycles. The average molecular weight is 496 g/mol. The highest BCUT2D eigenvalue weighted by Gasteiger charge is 2.21. The van der Waals surface area contributed by atoms with E-state index in [0.717, 1.165) is 45.8 Å². The molecule has 26 heavy (non-hydrogen) atoms. The molecule has 2 aromatic rings. The number of amides is 1. The monoisotopic (exact) mass is 494 g/mol. The third-order valence-electron chi connectivity index (χ3n) is 4.18. The van der Waals surface area contributed by atoms with Crippen molar-refractivity contribution < 1.29 is 9.53 Å². The predicted molar refractivity (Wildman–Crippen MR) is 112 cm³/mol. The van der Waals surface area contributed by atoms with E-state index >= 15 is 0 Å². The number of rotatable bonds is 4. The lowest BCUT2D eigenvalue weighted by molar-refractivity contribution is -0.111. The zero-order chi connectivity index (χ0) is 18.7. The molecule has 0 saturated heterocycles. The fourth-order valence-corrected chi connectivity index (χ4v) is 5.67. The molecular weight excluding hydrogens is 480 g/mol. The number of hydrogen-bond donors (Lipinski definition) is 1. The molecule has 1 heterocycles. The number of carbonyl (C=O) groups is 1. The van der Waals surface area contributed by atoms with Gasteiger partial charge in [-0.25, -0.2) is 0 Å². The van der Waals surface area contributed by atoms with Gasteiger partial charge in [-0.15, -0.1) is 11.3 Å². The molecule has 0 spiro atoms. The van der Waals surface area contributed by atoms with Gasteiger partial charge >= 0.3 is 0 Å². The van der Waals surface area contributed by atoms with Crippen LogP contribution in [0.15, 0.2) is 27.2 Å². The van der Waals surface area contributed by atoms with Gasteiger partial charge in [0.25, 0.3) is 0 Å². The van der Waals surface area contributed by atoms with Gasteiger partial charge < -0.3 is 10.1 Å². The molecule has 0 bridgehead atoms. The normalized spacial score (nSPS) is 13.3. The number of fused-ring (bicyclic) bond motifs is 1. The van der Waals surface area contributed by atoms with Gasteiger partial charge in [0.15, 0.2) is 0 Å². The van der Waals surface area contributed by atoms with Crippen molar-refractivity contribution >= 4 is 60.2 Å². The molecule has 3 rings (SSSR count). The molecule has 1 amide bonds. The van der Waals surface area contributed by atoms with Crippen LogP contribution in [-0.4, -0.2) is 13.0 Å². The standard InChI is InChI=1S/C19H16Br2N2O2S/c1-25-18-11(8-12(20)9-15(18)21)6-7-17(24)23-19-14(10-22)13-4-2-3-5-16(13)26-19/h6-9H,2-5H2,1H3,(H,23,24)/b7-6+. The van der Waals surface area contributed by atoms with Crippen LogP contribution in [0.1, 0.15) is 34.4 Å². The number of halogens is 2. The fraction of sp³-hybridized carbons (Fsp3) is 0.263. The van der Waals surface area contributed by atoms with Crippen molar-refractivity contribution in [2.75, 3.05) is 12.4 Å². The first-order chi connectivity index (χ1) is 12.5. The number of anilines is 1. The second-order valence-electron chi connectivity index (χ2n) is 5.86. The second-order valence-corrected chi connectivity index (χ2v) is 8.73. The van der Waals surface area contributed by atoms with Crippen LogP contribution in [0.5, 0.6) is 5.75 Å². The molecule has 7 heteroatoms. The average Bonchev–Trinajstić information content (AvgIpc) is 2.96. The van der Waals surface area contributed by atoms with Crippen molar-refractivity contribution in [2.45, 2.75) is 25.7 Å². The largest absolute Gasteiger partial charge is 0.495 e. The van der Waals surface area contributed by atoms with Crippen LogP contribution >= 0.6 is 43.2 Å². The van der Waals surface area contributed by atoms with Crippen LogP contribution < -0.4 is 10.1 Å². The summed E-state index contributed by atoms with van der Waals surface area (Å²) >= 11 is 8.40. The summed E-state index contributed by atoms with van der Waals surface area (Å²) in [6.07, 6.45) is 7.31. The number of hydrogen-bond acceptors (Lipinski definition) is 4. The number of methoxy groups -OCH3 is 1. The molecule has 0 radical (unpaired) electrons. The van der Waals surface area contributed by atoms with Crippen LogP contribution in [0.4, 0.5) is 5.00 Å². The molecule has 0 saturated carbocycles. The fourth-order valence-electron chi connectivity index (χ4n) is 3.01. The van der Waals surface area contributed by atoms with Crippen LogP contribution in [0.2, 0.25) is 0 Å². The predicted octanol–water partition coefficient (Wildman–Crippen LogP) is 5.68. The molecule has 1 N–H and O–H groups in total. The Kier molecular flexibility index (Phi) is 6.17. The first-order valence-electron chi connectivity index (χ1n) is 8.10. The number of nitrogens with one attached hydrogen (secondary N) is 1. The SMILES string of the molecule is COc1c(Br)cc(Br)cc1/C=C/C(=O)Nc1sc2c(c1C#N)CCCC2. The molecule has 0 fully saturated rings. The van der Waals surface area contributed by atoms with Gasteiger partial charge in [-0.3, -0.25) is 4.79 Å². The number of carbonyl (C=O) groups excluding carboxylic acids is 1. The summed E-state index contributed by atoms with van der Waals surface area (Å²) in [4.78, 5) is 13.6. The minimum absolute atomic E-state index is 0.266. The lowest BCUT2D eigenvalue weighted by atomic mass is 9.96. The number of benzene rings is 1. The first-order valence-corrected chi connectivity index (χ1v) is 10.5. The van der Waals surface area contributed by atoms with Crippen molar-refractivity contribution in [2.24, 2.45) is 0 Å². The maximum atomic E-state index is 12.4. The second kappa shape index (κ2) is 8.38. The molecule has 0 atom stereocenters. The van der Waals surface area contributed by atoms with E-state index in [1.165, 1.54) is 22.3 Å². The summed E-state index contributed by atoms with van der Waals surface area (Å²) in [5.41, 5.74) is 2.50. The van der Waals surface area contributed by atoms with E-state index in [9.17, 15) is 10.1 Å². The Balaban J connectivity index is 1.81. The zero-order valence-electron chi connectivity index (χ0n) is 14.1. The van der Waals surface area contributed by atoms with E-state index < -0.39 is 0 Å². The zero-order valence-corrected chi connectivity index (χ0v) is 18.1. The van der Waals surface area contributed by atoms with Crippen molar-refractivity contribution in [1.29, 1.82) is 5.26 Å². The summed E-state index contributed by atoms with van der Waals surface area (Å²) in [5, 5.41) is 13.0. The molecule has 1 aliphatic carbocycles. The van der Waals surface area contributed by atoms with E-state index in [4.69, 9.17) is 4.74 Å². The Labute approximate surface area is 173 Å². The quantitative estimate of drug-likeness (QED) is 0.554. The maximum Gasteiger partial charge on any atom is 0.249 e. The Bertz CT molecular complexity index is 929. The highest BCUT2D eigenvalue weighted by molar-refractivity contribution is 9.11. The number of nitriles is 1. The van der Waals surface area contributed by atoms with E-state index in [1.807, 2.05) is 12.1 Å². The Hall–Kier alpha value is -1.62. The van der Waals surface area contributed by atoms with E-state index in [2.05, 4.69) is 43.2 Å². The molecule has 1 aromatic carbocycles.